The van der Waals surface area contributed by atoms with Gasteiger partial charge in [-0.05, 0) is 60.9 Å². The number of anilines is 1. The number of aromatic carboxylic acids is 1. The van der Waals surface area contributed by atoms with Gasteiger partial charge in [-0.2, -0.15) is 10.4 Å². The molecule has 0 spiro atoms. The molecule has 0 aliphatic heterocycles. The van der Waals surface area contributed by atoms with Crippen LogP contribution in [-0.4, -0.2) is 36.3 Å². The first kappa shape index (κ1) is 32.0. The van der Waals surface area contributed by atoms with Crippen LogP contribution in [-0.2, 0) is 27.9 Å². The number of azo groups is 1. The number of rotatable bonds is 14. The first-order valence-corrected chi connectivity index (χ1v) is 14.8. The molecule has 0 aliphatic rings. The first-order valence-electron chi connectivity index (χ1n) is 13.3. The minimum Gasteiger partial charge on any atom is -0.493 e. The number of hydrogen-bond donors (Lipinski definition) is 3. The predicted molar refractivity (Wildman–Crippen MR) is 156 cm³/mol. The maximum absolute atomic E-state index is 13.1. The molecule has 0 amide bonds. The quantitative estimate of drug-likeness (QED) is 0.198. The molecule has 12 nitrogen and oxygen atoms in total. The summed E-state index contributed by atoms with van der Waals surface area (Å²) in [7, 11) is -2.61. The number of aromatic nitrogens is 1. The Labute approximate surface area is 244 Å². The van der Waals surface area contributed by atoms with Crippen LogP contribution in [0.2, 0.25) is 0 Å². The van der Waals surface area contributed by atoms with Crippen molar-refractivity contribution in [3.63, 3.8) is 0 Å². The number of ether oxygens (including phenoxy) is 1. The average molecular weight is 596 g/mol. The van der Waals surface area contributed by atoms with Crippen molar-refractivity contribution in [1.82, 2.24) is 4.57 Å². The largest absolute Gasteiger partial charge is 0.493 e. The Balaban J connectivity index is 1.93. The van der Waals surface area contributed by atoms with Crippen LogP contribution in [0.1, 0.15) is 61.0 Å². The summed E-state index contributed by atoms with van der Waals surface area (Å²) >= 11 is 0. The van der Waals surface area contributed by atoms with E-state index in [0.717, 1.165) is 30.3 Å². The van der Waals surface area contributed by atoms with E-state index in [-0.39, 0.29) is 57.7 Å². The lowest BCUT2D eigenvalue weighted by atomic mass is 9.99. The van der Waals surface area contributed by atoms with Gasteiger partial charge in [0.2, 0.25) is 5.88 Å². The van der Waals surface area contributed by atoms with E-state index in [2.05, 4.69) is 21.9 Å². The number of benzene rings is 2. The van der Waals surface area contributed by atoms with Crippen LogP contribution >= 0.6 is 0 Å². The van der Waals surface area contributed by atoms with Gasteiger partial charge in [0.1, 0.15) is 11.6 Å². The van der Waals surface area contributed by atoms with E-state index in [1.165, 1.54) is 55.6 Å². The summed E-state index contributed by atoms with van der Waals surface area (Å²) in [5.41, 5.74) is -0.357. The number of pyridine rings is 1. The Hall–Kier alpha value is -4.54. The molecule has 2 aromatic carbocycles. The average Bonchev–Trinajstić information content (AvgIpc) is 2.97. The van der Waals surface area contributed by atoms with Crippen LogP contribution in [0.3, 0.4) is 0 Å². The number of carboxylic acids is 1. The van der Waals surface area contributed by atoms with E-state index in [4.69, 9.17) is 9.84 Å². The van der Waals surface area contributed by atoms with Gasteiger partial charge in [-0.25, -0.2) is 13.2 Å². The maximum atomic E-state index is 13.1. The molecule has 3 rings (SSSR count). The van der Waals surface area contributed by atoms with Gasteiger partial charge in [0.25, 0.3) is 15.6 Å². The fourth-order valence-corrected chi connectivity index (χ4v) is 5.34. The SMILES string of the molecule is CCCCC(CC)Cn1c(O)c(/N=N/c2ccc(S(=O)(=O)Nc3ccc(C(=O)O)cc3)cc2)c(COC)c(C#N)c1=O. The Bertz CT molecular complexity index is 1640. The summed E-state index contributed by atoms with van der Waals surface area (Å²) in [6.07, 6.45) is 3.59. The molecule has 222 valence electrons. The molecule has 1 unspecified atom stereocenters. The fourth-order valence-electron chi connectivity index (χ4n) is 4.29. The summed E-state index contributed by atoms with van der Waals surface area (Å²) in [4.78, 5) is 24.1. The van der Waals surface area contributed by atoms with Gasteiger partial charge >= 0.3 is 5.97 Å². The number of aromatic hydroxyl groups is 1. The second-order valence-corrected chi connectivity index (χ2v) is 11.3. The van der Waals surface area contributed by atoms with Crippen LogP contribution < -0.4 is 10.3 Å². The molecule has 1 aromatic heterocycles. The van der Waals surface area contributed by atoms with E-state index in [1.807, 2.05) is 13.0 Å². The molecule has 0 saturated heterocycles. The van der Waals surface area contributed by atoms with Gasteiger partial charge in [-0.1, -0.05) is 33.1 Å². The number of unbranched alkanes of at least 4 members (excludes halogenated alkanes) is 1. The molecule has 0 bridgehead atoms. The van der Waals surface area contributed by atoms with Gasteiger partial charge in [0.05, 0.1) is 22.8 Å². The molecule has 0 saturated carbocycles. The summed E-state index contributed by atoms with van der Waals surface area (Å²) in [6.45, 7) is 4.12. The summed E-state index contributed by atoms with van der Waals surface area (Å²) < 4.78 is 34.3. The fraction of sp³-hybridized carbons (Fsp3) is 0.345. The topological polar surface area (TPSA) is 183 Å². The first-order chi connectivity index (χ1) is 20.1. The van der Waals surface area contributed by atoms with E-state index in [1.54, 1.807) is 0 Å². The van der Waals surface area contributed by atoms with Crippen molar-refractivity contribution in [3.8, 4) is 11.9 Å². The lowest BCUT2D eigenvalue weighted by Crippen LogP contribution is -2.27. The molecule has 1 atom stereocenters. The minimum absolute atomic E-state index is 0.0198. The van der Waals surface area contributed by atoms with Gasteiger partial charge < -0.3 is 14.9 Å². The lowest BCUT2D eigenvalue weighted by molar-refractivity contribution is 0.0697. The molecular formula is C29H33N5O7S. The molecule has 42 heavy (non-hydrogen) atoms. The van der Waals surface area contributed by atoms with E-state index >= 15 is 0 Å². The molecule has 1 heterocycles. The smallest absolute Gasteiger partial charge is 0.335 e. The van der Waals surface area contributed by atoms with Gasteiger partial charge in [-0.15, -0.1) is 5.11 Å². The zero-order valence-electron chi connectivity index (χ0n) is 23.6. The highest BCUT2D eigenvalue weighted by atomic mass is 32.2. The number of nitrogens with zero attached hydrogens (tertiary/aromatic N) is 4. The van der Waals surface area contributed by atoms with Crippen molar-refractivity contribution < 1.29 is 28.2 Å². The normalized spacial score (nSPS) is 12.2. The van der Waals surface area contributed by atoms with Crippen molar-refractivity contribution in [3.05, 3.63) is 75.6 Å². The van der Waals surface area contributed by atoms with E-state index in [9.17, 15) is 28.4 Å². The van der Waals surface area contributed by atoms with Crippen molar-refractivity contribution in [2.75, 3.05) is 11.8 Å². The molecule has 0 aliphatic carbocycles. The number of carboxylic acid groups (broad SMARTS) is 1. The van der Waals surface area contributed by atoms with Crippen LogP contribution in [0, 0.1) is 17.2 Å². The standard InChI is InChI=1S/C29H33N5O7S/c1-4-6-7-19(5-2)17-34-27(35)24(16-30)25(18-41-3)26(28(34)36)32-31-21-12-14-23(15-13-21)42(39,40)33-22-10-8-20(9-11-22)29(37)38/h8-15,19,33,36H,4-7,17-18H2,1-3H3,(H,37,38)/b32-31+. The number of carbonyl (C=O) groups is 1. The summed E-state index contributed by atoms with van der Waals surface area (Å²) in [5, 5.41) is 38.2. The number of hydrogen-bond acceptors (Lipinski definition) is 9. The maximum Gasteiger partial charge on any atom is 0.335 e. The van der Waals surface area contributed by atoms with E-state index in [0.29, 0.717) is 0 Å². The zero-order valence-corrected chi connectivity index (χ0v) is 24.4. The highest BCUT2D eigenvalue weighted by Gasteiger charge is 2.23. The Morgan fingerprint density at radius 3 is 2.33 bits per heavy atom. The lowest BCUT2D eigenvalue weighted by Gasteiger charge is -2.19. The number of nitrogens with one attached hydrogen (secondary N) is 1. The molecule has 3 aromatic rings. The minimum atomic E-state index is -3.99. The zero-order chi connectivity index (χ0) is 30.9. The van der Waals surface area contributed by atoms with Crippen molar-refractivity contribution in [1.29, 1.82) is 5.26 Å². The molecule has 0 fully saturated rings. The second-order valence-electron chi connectivity index (χ2n) is 9.58. The van der Waals surface area contributed by atoms with Gasteiger partial charge in [0, 0.05) is 24.9 Å². The molecular weight excluding hydrogens is 562 g/mol. The van der Waals surface area contributed by atoms with Gasteiger partial charge in [0.15, 0.2) is 5.69 Å². The summed E-state index contributed by atoms with van der Waals surface area (Å²) in [6, 6.07) is 12.6. The Kier molecular flexibility index (Phi) is 11.0. The van der Waals surface area contributed by atoms with Crippen LogP contribution in [0.25, 0.3) is 0 Å². The third kappa shape index (κ3) is 7.59. The number of nitriles is 1. The third-order valence-corrected chi connectivity index (χ3v) is 8.09. The second kappa shape index (κ2) is 14.4. The molecule has 13 heteroatoms. The van der Waals surface area contributed by atoms with Crippen molar-refractivity contribution in [2.24, 2.45) is 16.1 Å². The van der Waals surface area contributed by atoms with Crippen molar-refractivity contribution in [2.45, 2.75) is 57.6 Å². The van der Waals surface area contributed by atoms with E-state index < -0.39 is 27.4 Å². The monoisotopic (exact) mass is 595 g/mol. The van der Waals surface area contributed by atoms with Crippen LogP contribution in [0.5, 0.6) is 5.88 Å². The van der Waals surface area contributed by atoms with Crippen LogP contribution in [0.4, 0.5) is 17.1 Å². The summed E-state index contributed by atoms with van der Waals surface area (Å²) in [5.74, 6) is -1.45. The highest BCUT2D eigenvalue weighted by molar-refractivity contribution is 7.92. The van der Waals surface area contributed by atoms with Crippen LogP contribution in [0.15, 0.2) is 68.4 Å². The van der Waals surface area contributed by atoms with Crippen molar-refractivity contribution >= 4 is 33.1 Å². The number of methoxy groups -OCH3 is 1. The third-order valence-electron chi connectivity index (χ3n) is 6.70. The highest BCUT2D eigenvalue weighted by Crippen LogP contribution is 2.34. The molecule has 0 radical (unpaired) electrons. The Morgan fingerprint density at radius 1 is 1.12 bits per heavy atom. The van der Waals surface area contributed by atoms with Gasteiger partial charge in [-0.3, -0.25) is 14.1 Å². The predicted octanol–water partition coefficient (Wildman–Crippen LogP) is 5.70. The number of sulfonamides is 1. The molecule has 3 N–H and O–H groups in total. The Morgan fingerprint density at radius 2 is 1.79 bits per heavy atom.